The maximum atomic E-state index is 13.2. The molecule has 27 heavy (non-hydrogen) atoms. The van der Waals surface area contributed by atoms with Gasteiger partial charge in [-0.25, -0.2) is 12.8 Å². The SMILES string of the molecule is Cc1ccc(NC(=O)C2CCCCN2S(=O)(=O)c2ccc(F)cc2)c(C)c1. The van der Waals surface area contributed by atoms with Crippen LogP contribution in [0.4, 0.5) is 10.1 Å². The Hall–Kier alpha value is -2.25. The highest BCUT2D eigenvalue weighted by Crippen LogP contribution is 2.27. The van der Waals surface area contributed by atoms with E-state index in [0.717, 1.165) is 29.7 Å². The van der Waals surface area contributed by atoms with E-state index >= 15 is 0 Å². The molecule has 0 saturated carbocycles. The van der Waals surface area contributed by atoms with Crippen LogP contribution in [-0.2, 0) is 14.8 Å². The van der Waals surface area contributed by atoms with Crippen molar-refractivity contribution in [2.24, 2.45) is 0 Å². The van der Waals surface area contributed by atoms with Crippen LogP contribution in [0.25, 0.3) is 0 Å². The van der Waals surface area contributed by atoms with Gasteiger partial charge < -0.3 is 5.32 Å². The maximum Gasteiger partial charge on any atom is 0.243 e. The molecule has 1 unspecified atom stereocenters. The van der Waals surface area contributed by atoms with Crippen molar-refractivity contribution in [1.82, 2.24) is 4.31 Å². The van der Waals surface area contributed by atoms with E-state index in [1.54, 1.807) is 0 Å². The highest BCUT2D eigenvalue weighted by molar-refractivity contribution is 7.89. The van der Waals surface area contributed by atoms with E-state index in [-0.39, 0.29) is 17.3 Å². The third kappa shape index (κ3) is 4.20. The second-order valence-electron chi connectivity index (χ2n) is 6.89. The van der Waals surface area contributed by atoms with Gasteiger partial charge in [-0.3, -0.25) is 4.79 Å². The van der Waals surface area contributed by atoms with E-state index in [1.807, 2.05) is 32.0 Å². The fraction of sp³-hybridized carbons (Fsp3) is 0.350. The first-order valence-electron chi connectivity index (χ1n) is 8.94. The Kier molecular flexibility index (Phi) is 5.62. The molecule has 2 aromatic rings. The topological polar surface area (TPSA) is 66.5 Å². The van der Waals surface area contributed by atoms with Crippen molar-refractivity contribution in [2.45, 2.75) is 44.0 Å². The number of anilines is 1. The number of benzene rings is 2. The Labute approximate surface area is 159 Å². The van der Waals surface area contributed by atoms with Gasteiger partial charge in [-0.05, 0) is 62.6 Å². The lowest BCUT2D eigenvalue weighted by atomic mass is 10.0. The average Bonchev–Trinajstić information content (AvgIpc) is 2.64. The lowest BCUT2D eigenvalue weighted by Crippen LogP contribution is -2.49. The number of nitrogens with one attached hydrogen (secondary N) is 1. The third-order valence-corrected chi connectivity index (χ3v) is 6.74. The highest BCUT2D eigenvalue weighted by Gasteiger charge is 2.37. The molecular weight excluding hydrogens is 367 g/mol. The molecule has 2 aromatic carbocycles. The average molecular weight is 390 g/mol. The number of sulfonamides is 1. The number of nitrogens with zero attached hydrogens (tertiary/aromatic N) is 1. The smallest absolute Gasteiger partial charge is 0.243 e. The van der Waals surface area contributed by atoms with E-state index in [1.165, 1.54) is 16.4 Å². The number of aryl methyl sites for hydroxylation is 2. The van der Waals surface area contributed by atoms with Gasteiger partial charge in [0.05, 0.1) is 4.90 Å². The summed E-state index contributed by atoms with van der Waals surface area (Å²) in [6.45, 7) is 4.14. The molecule has 1 aliphatic rings. The number of hydrogen-bond donors (Lipinski definition) is 1. The molecule has 0 radical (unpaired) electrons. The molecule has 0 bridgehead atoms. The molecule has 7 heteroatoms. The number of carbonyl (C=O) groups excluding carboxylic acids is 1. The lowest BCUT2D eigenvalue weighted by Gasteiger charge is -2.33. The summed E-state index contributed by atoms with van der Waals surface area (Å²) in [6, 6.07) is 9.60. The van der Waals surface area contributed by atoms with Crippen molar-refractivity contribution in [1.29, 1.82) is 0 Å². The number of rotatable bonds is 4. The first-order valence-corrected chi connectivity index (χ1v) is 10.4. The fourth-order valence-electron chi connectivity index (χ4n) is 3.37. The van der Waals surface area contributed by atoms with Crippen LogP contribution in [0.5, 0.6) is 0 Å². The minimum atomic E-state index is -3.88. The predicted octanol–water partition coefficient (Wildman–Crippen LogP) is 3.62. The van der Waals surface area contributed by atoms with Crippen LogP contribution >= 0.6 is 0 Å². The van der Waals surface area contributed by atoms with Crippen molar-refractivity contribution < 1.29 is 17.6 Å². The van der Waals surface area contributed by atoms with Gasteiger partial charge in [0.2, 0.25) is 15.9 Å². The van der Waals surface area contributed by atoms with E-state index in [4.69, 9.17) is 0 Å². The zero-order valence-electron chi connectivity index (χ0n) is 15.4. The van der Waals surface area contributed by atoms with E-state index in [0.29, 0.717) is 18.5 Å². The summed E-state index contributed by atoms with van der Waals surface area (Å²) in [7, 11) is -3.88. The summed E-state index contributed by atoms with van der Waals surface area (Å²) in [6.07, 6.45) is 1.92. The molecule has 144 valence electrons. The number of carbonyl (C=O) groups is 1. The molecule has 1 saturated heterocycles. The molecule has 3 rings (SSSR count). The molecule has 1 heterocycles. The van der Waals surface area contributed by atoms with Crippen molar-refractivity contribution in [2.75, 3.05) is 11.9 Å². The normalized spacial score (nSPS) is 18.3. The predicted molar refractivity (Wildman–Crippen MR) is 102 cm³/mol. The van der Waals surface area contributed by atoms with Gasteiger partial charge in [0.15, 0.2) is 0 Å². The Morgan fingerprint density at radius 2 is 1.81 bits per heavy atom. The third-order valence-electron chi connectivity index (χ3n) is 4.82. The van der Waals surface area contributed by atoms with Gasteiger partial charge in [0.25, 0.3) is 0 Å². The monoisotopic (exact) mass is 390 g/mol. The van der Waals surface area contributed by atoms with E-state index in [2.05, 4.69) is 5.32 Å². The van der Waals surface area contributed by atoms with Crippen molar-refractivity contribution >= 4 is 21.6 Å². The summed E-state index contributed by atoms with van der Waals surface area (Å²) in [5.74, 6) is -0.843. The maximum absolute atomic E-state index is 13.2. The summed E-state index contributed by atoms with van der Waals surface area (Å²) in [4.78, 5) is 12.9. The summed E-state index contributed by atoms with van der Waals surface area (Å²) in [5, 5.41) is 2.86. The van der Waals surface area contributed by atoms with Gasteiger partial charge in [0, 0.05) is 12.2 Å². The van der Waals surface area contributed by atoms with Crippen LogP contribution in [0.2, 0.25) is 0 Å². The van der Waals surface area contributed by atoms with Crippen LogP contribution in [0.1, 0.15) is 30.4 Å². The number of piperidine rings is 1. The fourth-order valence-corrected chi connectivity index (χ4v) is 5.02. The molecule has 1 fully saturated rings. The van der Waals surface area contributed by atoms with Gasteiger partial charge in [-0.1, -0.05) is 24.1 Å². The summed E-state index contributed by atoms with van der Waals surface area (Å²) in [5.41, 5.74) is 2.69. The highest BCUT2D eigenvalue weighted by atomic mass is 32.2. The molecule has 5 nitrogen and oxygen atoms in total. The van der Waals surface area contributed by atoms with Crippen LogP contribution in [0, 0.1) is 19.7 Å². The molecule has 0 aliphatic carbocycles. The van der Waals surface area contributed by atoms with Crippen LogP contribution in [-0.4, -0.2) is 31.2 Å². The summed E-state index contributed by atoms with van der Waals surface area (Å²) >= 11 is 0. The summed E-state index contributed by atoms with van der Waals surface area (Å²) < 4.78 is 40.4. The Bertz CT molecular complexity index is 942. The minimum Gasteiger partial charge on any atom is -0.324 e. The standard InChI is InChI=1S/C20H23FN2O3S/c1-14-6-11-18(15(2)13-14)22-20(24)19-5-3-4-12-23(19)27(25,26)17-9-7-16(21)8-10-17/h6-11,13,19H,3-5,12H2,1-2H3,(H,22,24). The molecule has 1 aliphatic heterocycles. The Morgan fingerprint density at radius 1 is 1.11 bits per heavy atom. The van der Waals surface area contributed by atoms with Gasteiger partial charge in [-0.2, -0.15) is 4.31 Å². The quantitative estimate of drug-likeness (QED) is 0.867. The second-order valence-corrected chi connectivity index (χ2v) is 8.78. The first-order chi connectivity index (χ1) is 12.8. The Morgan fingerprint density at radius 3 is 2.48 bits per heavy atom. The molecule has 1 N–H and O–H groups in total. The molecule has 0 spiro atoms. The molecule has 1 amide bonds. The molecular formula is C20H23FN2O3S. The van der Waals surface area contributed by atoms with Crippen molar-refractivity contribution in [3.05, 3.63) is 59.4 Å². The van der Waals surface area contributed by atoms with Crippen LogP contribution in [0.3, 0.4) is 0 Å². The number of halogens is 1. The lowest BCUT2D eigenvalue weighted by molar-refractivity contribution is -0.120. The number of amides is 1. The minimum absolute atomic E-state index is 0.00452. The largest absolute Gasteiger partial charge is 0.324 e. The van der Waals surface area contributed by atoms with Gasteiger partial charge in [0.1, 0.15) is 11.9 Å². The molecule has 1 atom stereocenters. The first kappa shape index (κ1) is 19.5. The van der Waals surface area contributed by atoms with E-state index in [9.17, 15) is 17.6 Å². The van der Waals surface area contributed by atoms with Crippen molar-refractivity contribution in [3.63, 3.8) is 0 Å². The van der Waals surface area contributed by atoms with E-state index < -0.39 is 21.9 Å². The second kappa shape index (κ2) is 7.78. The van der Waals surface area contributed by atoms with Crippen molar-refractivity contribution in [3.8, 4) is 0 Å². The number of hydrogen-bond acceptors (Lipinski definition) is 3. The van der Waals surface area contributed by atoms with Crippen LogP contribution < -0.4 is 5.32 Å². The van der Waals surface area contributed by atoms with Gasteiger partial charge >= 0.3 is 0 Å². The zero-order valence-corrected chi connectivity index (χ0v) is 16.2. The van der Waals surface area contributed by atoms with Crippen LogP contribution in [0.15, 0.2) is 47.4 Å². The molecule has 0 aromatic heterocycles. The Balaban J connectivity index is 1.86. The van der Waals surface area contributed by atoms with Gasteiger partial charge in [-0.15, -0.1) is 0 Å². The zero-order chi connectivity index (χ0) is 19.6.